The molecule has 0 N–H and O–H groups in total. The first-order chi connectivity index (χ1) is 18.8. The number of hydrogen-bond donors (Lipinski definition) is 0. The molecule has 0 radical (unpaired) electrons. The Labute approximate surface area is 228 Å². The molecular formula is C34H24B2OS. The summed E-state index contributed by atoms with van der Waals surface area (Å²) in [7, 11) is 0. The van der Waals surface area contributed by atoms with Crippen LogP contribution in [-0.2, 0) is 25.7 Å². The van der Waals surface area contributed by atoms with Gasteiger partial charge >= 0.3 is 6.92 Å². The maximum absolute atomic E-state index is 6.93. The van der Waals surface area contributed by atoms with E-state index in [1.54, 1.807) is 5.46 Å². The Balaban J connectivity index is 1.26. The molecule has 0 amide bonds. The summed E-state index contributed by atoms with van der Waals surface area (Å²) in [6.45, 7) is -0.0568. The third kappa shape index (κ3) is 3.04. The van der Waals surface area contributed by atoms with Gasteiger partial charge in [0.05, 0.1) is 0 Å². The Kier molecular flexibility index (Phi) is 4.46. The predicted octanol–water partition coefficient (Wildman–Crippen LogP) is 4.39. The van der Waals surface area contributed by atoms with E-state index in [-0.39, 0.29) is 6.92 Å². The highest BCUT2D eigenvalue weighted by molar-refractivity contribution is 8.28. The van der Waals surface area contributed by atoms with Crippen LogP contribution in [0.25, 0.3) is 0 Å². The number of rotatable bonds is 0. The fourth-order valence-corrected chi connectivity index (χ4v) is 8.78. The lowest BCUT2D eigenvalue weighted by molar-refractivity contribution is 0.586. The molecule has 4 heteroatoms. The van der Waals surface area contributed by atoms with E-state index in [1.807, 2.05) is 11.6 Å². The monoisotopic (exact) mass is 502 g/mol. The predicted molar refractivity (Wildman–Crippen MR) is 160 cm³/mol. The fraction of sp³-hybridized carbons (Fsp3) is 0.118. The fourth-order valence-electron chi connectivity index (χ4n) is 7.31. The zero-order valence-corrected chi connectivity index (χ0v) is 21.9. The van der Waals surface area contributed by atoms with Gasteiger partial charge in [-0.25, -0.2) is 0 Å². The van der Waals surface area contributed by atoms with Crippen molar-refractivity contribution in [3.05, 3.63) is 142 Å². The lowest BCUT2D eigenvalue weighted by Crippen LogP contribution is -2.57. The minimum Gasteiger partial charge on any atom is -0.551 e. The first-order valence-electron chi connectivity index (χ1n) is 13.7. The van der Waals surface area contributed by atoms with Crippen LogP contribution in [0.5, 0.6) is 5.75 Å². The molecule has 0 unspecified atom stereocenters. The molecule has 0 saturated heterocycles. The average molecular weight is 502 g/mol. The Morgan fingerprint density at radius 1 is 0.500 bits per heavy atom. The van der Waals surface area contributed by atoms with Gasteiger partial charge in [0.2, 0.25) is 0 Å². The molecule has 0 aromatic heterocycles. The molecule has 5 aromatic rings. The van der Waals surface area contributed by atoms with Crippen LogP contribution in [0.2, 0.25) is 0 Å². The number of benzene rings is 5. The molecule has 4 aliphatic heterocycles. The van der Waals surface area contributed by atoms with Gasteiger partial charge in [-0.2, -0.15) is 11.6 Å². The summed E-state index contributed by atoms with van der Waals surface area (Å²) >= 11 is 2.04. The summed E-state index contributed by atoms with van der Waals surface area (Å²) in [4.78, 5) is 1.41. The van der Waals surface area contributed by atoms with Crippen molar-refractivity contribution in [2.45, 2.75) is 30.6 Å². The second-order valence-corrected chi connectivity index (χ2v) is 12.3. The summed E-state index contributed by atoms with van der Waals surface area (Å²) in [6.07, 6.45) is 3.94. The largest absolute Gasteiger partial charge is 0.551 e. The lowest BCUT2D eigenvalue weighted by Gasteiger charge is -2.32. The number of para-hydroxylation sites is 1. The van der Waals surface area contributed by atoms with E-state index in [4.69, 9.17) is 4.65 Å². The average Bonchev–Trinajstić information content (AvgIpc) is 3.22. The van der Waals surface area contributed by atoms with Gasteiger partial charge in [-0.05, 0) is 86.8 Å². The van der Waals surface area contributed by atoms with E-state index >= 15 is 0 Å². The van der Waals surface area contributed by atoms with Crippen LogP contribution < -0.4 is 26.5 Å². The van der Waals surface area contributed by atoms with Crippen LogP contribution >= 0.6 is 11.6 Å². The van der Waals surface area contributed by atoms with E-state index in [2.05, 4.69) is 97.1 Å². The second kappa shape index (κ2) is 7.94. The Morgan fingerprint density at radius 2 is 1.08 bits per heavy atom. The Hall–Kier alpha value is -3.62. The van der Waals surface area contributed by atoms with Crippen molar-refractivity contribution in [1.29, 1.82) is 0 Å². The van der Waals surface area contributed by atoms with E-state index in [9.17, 15) is 0 Å². The molecule has 9 rings (SSSR count). The first kappa shape index (κ1) is 21.3. The molecule has 0 spiro atoms. The SMILES string of the molecule is c1ccc2c(c1)Cc1cccc3c1B(O2)c1cc2c(cc1C3)Cc1cccc3c1B2Sc1ccccc1C3. The highest BCUT2D eigenvalue weighted by atomic mass is 32.2. The minimum atomic E-state index is -0.0568. The van der Waals surface area contributed by atoms with Crippen molar-refractivity contribution in [3.63, 3.8) is 0 Å². The first-order valence-corrected chi connectivity index (χ1v) is 14.5. The smallest absolute Gasteiger partial charge is 0.427 e. The number of fused-ring (bicyclic) bond motifs is 6. The zero-order valence-electron chi connectivity index (χ0n) is 21.0. The van der Waals surface area contributed by atoms with Crippen LogP contribution in [-0.4, -0.2) is 12.9 Å². The van der Waals surface area contributed by atoms with Crippen molar-refractivity contribution in [2.24, 2.45) is 0 Å². The summed E-state index contributed by atoms with van der Waals surface area (Å²) < 4.78 is 6.93. The van der Waals surface area contributed by atoms with Gasteiger partial charge in [0.25, 0.3) is 5.99 Å². The Bertz CT molecular complexity index is 1680. The van der Waals surface area contributed by atoms with Crippen molar-refractivity contribution in [3.8, 4) is 5.75 Å². The van der Waals surface area contributed by atoms with Crippen LogP contribution in [0, 0.1) is 0 Å². The highest BCUT2D eigenvalue weighted by Gasteiger charge is 2.41. The van der Waals surface area contributed by atoms with E-state index < -0.39 is 0 Å². The highest BCUT2D eigenvalue weighted by Crippen LogP contribution is 2.35. The van der Waals surface area contributed by atoms with Crippen molar-refractivity contribution in [2.75, 3.05) is 0 Å². The topological polar surface area (TPSA) is 9.23 Å². The Morgan fingerprint density at radius 3 is 1.87 bits per heavy atom. The van der Waals surface area contributed by atoms with Gasteiger partial charge in [0.1, 0.15) is 5.75 Å². The molecular weight excluding hydrogens is 478 g/mol. The van der Waals surface area contributed by atoms with Gasteiger partial charge in [-0.15, -0.1) is 0 Å². The summed E-state index contributed by atoms with van der Waals surface area (Å²) in [5.41, 5.74) is 17.2. The summed E-state index contributed by atoms with van der Waals surface area (Å²) in [6, 6.07) is 36.5. The molecule has 0 saturated carbocycles. The molecule has 38 heavy (non-hydrogen) atoms. The zero-order chi connectivity index (χ0) is 24.8. The van der Waals surface area contributed by atoms with Crippen LogP contribution in [0.1, 0.15) is 44.5 Å². The molecule has 0 bridgehead atoms. The molecule has 4 heterocycles. The third-order valence-electron chi connectivity index (χ3n) is 9.02. The molecule has 4 aliphatic rings. The van der Waals surface area contributed by atoms with E-state index in [0.29, 0.717) is 5.99 Å². The third-order valence-corrected chi connectivity index (χ3v) is 10.4. The maximum Gasteiger partial charge on any atom is 0.427 e. The lowest BCUT2D eigenvalue weighted by atomic mass is 9.45. The van der Waals surface area contributed by atoms with Gasteiger partial charge in [0.15, 0.2) is 0 Å². The van der Waals surface area contributed by atoms with Gasteiger partial charge in [-0.3, -0.25) is 0 Å². The van der Waals surface area contributed by atoms with E-state index in [0.717, 1.165) is 31.4 Å². The maximum atomic E-state index is 6.93. The van der Waals surface area contributed by atoms with Crippen molar-refractivity contribution in [1.82, 2.24) is 0 Å². The standard InChI is InChI=1S/C34H24B2OS/c1-3-13-31-21(7-1)15-23-9-5-10-24-17-27-19-28-18-26-12-6-11-25-16-22-8-2-4-14-32(22)38-36(34(25)26)30(28)20-29(27)35(37-31)33(23)24/h1-14,19-20H,15-18H2. The van der Waals surface area contributed by atoms with Crippen molar-refractivity contribution >= 4 is 46.4 Å². The van der Waals surface area contributed by atoms with Gasteiger partial charge < -0.3 is 4.65 Å². The molecule has 178 valence electrons. The van der Waals surface area contributed by atoms with Crippen LogP contribution in [0.3, 0.4) is 0 Å². The summed E-state index contributed by atoms with van der Waals surface area (Å²) in [5, 5.41) is 0. The second-order valence-electron chi connectivity index (χ2n) is 11.1. The van der Waals surface area contributed by atoms with E-state index in [1.165, 1.54) is 65.8 Å². The quantitative estimate of drug-likeness (QED) is 0.291. The van der Waals surface area contributed by atoms with Crippen molar-refractivity contribution < 1.29 is 4.65 Å². The van der Waals surface area contributed by atoms with Gasteiger partial charge in [-0.1, -0.05) is 95.9 Å². The molecule has 1 nitrogen and oxygen atoms in total. The molecule has 0 aliphatic carbocycles. The molecule has 0 fully saturated rings. The summed E-state index contributed by atoms with van der Waals surface area (Å²) in [5.74, 6) is 1.34. The molecule has 0 atom stereocenters. The van der Waals surface area contributed by atoms with Crippen LogP contribution in [0.15, 0.2) is 102 Å². The van der Waals surface area contributed by atoms with Gasteiger partial charge in [0, 0.05) is 11.3 Å². The minimum absolute atomic E-state index is 0.0568. The number of hydrogen-bond acceptors (Lipinski definition) is 2. The van der Waals surface area contributed by atoms with Crippen LogP contribution in [0.4, 0.5) is 0 Å². The molecule has 5 aromatic carbocycles. The normalized spacial score (nSPS) is 15.5.